The zero-order valence-corrected chi connectivity index (χ0v) is 15.6. The van der Waals surface area contributed by atoms with E-state index < -0.39 is 0 Å². The fraction of sp³-hybridized carbons (Fsp3) is 0.409. The Hall–Kier alpha value is -2.02. The molecule has 0 unspecified atom stereocenters. The number of fused-ring (bicyclic) bond motifs is 1. The van der Waals surface area contributed by atoms with E-state index in [4.69, 9.17) is 11.6 Å². The molecule has 4 rings (SSSR count). The van der Waals surface area contributed by atoms with Crippen molar-refractivity contribution in [2.45, 2.75) is 44.6 Å². The molecular formula is C22H23ClN2O. The molecule has 2 aromatic rings. The highest BCUT2D eigenvalue weighted by Gasteiger charge is 2.27. The first-order chi connectivity index (χ1) is 12.7. The number of halogens is 1. The molecule has 2 aliphatic rings. The van der Waals surface area contributed by atoms with Crippen LogP contribution in [0.2, 0.25) is 5.02 Å². The topological polar surface area (TPSA) is 47.3 Å². The molecule has 1 heterocycles. The minimum atomic E-state index is 0.0328. The maximum atomic E-state index is 10.6. The SMILES string of the molecule is N#Cc1cc(Cl)cc(-c2cccc3c2C[C@@H](N2CCCCC2)CC3)c1O. The van der Waals surface area contributed by atoms with E-state index in [1.807, 2.05) is 18.2 Å². The van der Waals surface area contributed by atoms with Crippen LogP contribution in [0.3, 0.4) is 0 Å². The third kappa shape index (κ3) is 3.20. The average Bonchev–Trinajstić information content (AvgIpc) is 2.69. The number of rotatable bonds is 2. The molecule has 3 nitrogen and oxygen atoms in total. The molecule has 1 N–H and O–H groups in total. The molecule has 4 heteroatoms. The van der Waals surface area contributed by atoms with Crippen LogP contribution in [-0.2, 0) is 12.8 Å². The van der Waals surface area contributed by atoms with E-state index in [1.165, 1.54) is 56.0 Å². The Labute approximate surface area is 159 Å². The van der Waals surface area contributed by atoms with Gasteiger partial charge in [0.05, 0.1) is 5.56 Å². The Bertz CT molecular complexity index is 865. The highest BCUT2D eigenvalue weighted by molar-refractivity contribution is 6.31. The lowest BCUT2D eigenvalue weighted by molar-refractivity contribution is 0.150. The van der Waals surface area contributed by atoms with Gasteiger partial charge in [0.15, 0.2) is 0 Å². The molecule has 0 bridgehead atoms. The maximum Gasteiger partial charge on any atom is 0.141 e. The quantitative estimate of drug-likeness (QED) is 0.819. The summed E-state index contributed by atoms with van der Waals surface area (Å²) in [5.41, 5.74) is 4.57. The molecule has 0 spiro atoms. The first kappa shape index (κ1) is 17.4. The van der Waals surface area contributed by atoms with E-state index in [0.29, 0.717) is 16.6 Å². The Morgan fingerprint density at radius 3 is 2.69 bits per heavy atom. The molecule has 1 aliphatic heterocycles. The van der Waals surface area contributed by atoms with Crippen LogP contribution in [0.1, 0.15) is 42.4 Å². The molecule has 1 saturated heterocycles. The lowest BCUT2D eigenvalue weighted by Gasteiger charge is -2.38. The number of nitrogens with zero attached hydrogens (tertiary/aromatic N) is 2. The third-order valence-corrected chi connectivity index (χ3v) is 6.07. The lowest BCUT2D eigenvalue weighted by Crippen LogP contribution is -2.42. The van der Waals surface area contributed by atoms with Crippen molar-refractivity contribution >= 4 is 11.6 Å². The van der Waals surface area contributed by atoms with Crippen molar-refractivity contribution in [1.82, 2.24) is 4.90 Å². The molecule has 1 atom stereocenters. The second kappa shape index (κ2) is 7.31. The Balaban J connectivity index is 1.75. The second-order valence-corrected chi connectivity index (χ2v) is 7.83. The molecule has 26 heavy (non-hydrogen) atoms. The average molecular weight is 367 g/mol. The number of phenols is 1. The van der Waals surface area contributed by atoms with Gasteiger partial charge < -0.3 is 10.0 Å². The predicted octanol–water partition coefficient (Wildman–Crippen LogP) is 4.93. The van der Waals surface area contributed by atoms with Gasteiger partial charge in [-0.25, -0.2) is 0 Å². The van der Waals surface area contributed by atoms with Crippen LogP contribution in [0.4, 0.5) is 0 Å². The normalized spacial score (nSPS) is 20.4. The van der Waals surface area contributed by atoms with Gasteiger partial charge in [0.25, 0.3) is 0 Å². The molecule has 134 valence electrons. The van der Waals surface area contributed by atoms with Crippen molar-refractivity contribution in [2.24, 2.45) is 0 Å². The number of aryl methyl sites for hydroxylation is 1. The minimum absolute atomic E-state index is 0.0328. The number of piperidine rings is 1. The molecule has 1 fully saturated rings. The molecule has 1 aliphatic carbocycles. The minimum Gasteiger partial charge on any atom is -0.506 e. The highest BCUT2D eigenvalue weighted by atomic mass is 35.5. The third-order valence-electron chi connectivity index (χ3n) is 5.85. The summed E-state index contributed by atoms with van der Waals surface area (Å²) in [6.07, 6.45) is 7.20. The maximum absolute atomic E-state index is 10.6. The molecule has 0 amide bonds. The number of benzene rings is 2. The summed E-state index contributed by atoms with van der Waals surface area (Å²) in [5, 5.41) is 20.4. The summed E-state index contributed by atoms with van der Waals surface area (Å²) < 4.78 is 0. The van der Waals surface area contributed by atoms with Gasteiger partial charge in [0.2, 0.25) is 0 Å². The molecule has 0 radical (unpaired) electrons. The number of hydrogen-bond donors (Lipinski definition) is 1. The van der Waals surface area contributed by atoms with Crippen molar-refractivity contribution in [3.05, 3.63) is 52.0 Å². The highest BCUT2D eigenvalue weighted by Crippen LogP contribution is 2.40. The van der Waals surface area contributed by atoms with E-state index in [1.54, 1.807) is 6.07 Å². The summed E-state index contributed by atoms with van der Waals surface area (Å²) >= 11 is 6.21. The van der Waals surface area contributed by atoms with E-state index in [0.717, 1.165) is 18.4 Å². The van der Waals surface area contributed by atoms with Crippen molar-refractivity contribution in [3.63, 3.8) is 0 Å². The zero-order chi connectivity index (χ0) is 18.1. The summed E-state index contributed by atoms with van der Waals surface area (Å²) in [5.74, 6) is 0.0328. The Kier molecular flexibility index (Phi) is 4.89. The van der Waals surface area contributed by atoms with Crippen molar-refractivity contribution < 1.29 is 5.11 Å². The Morgan fingerprint density at radius 2 is 1.92 bits per heavy atom. The number of likely N-dealkylation sites (tertiary alicyclic amines) is 1. The second-order valence-electron chi connectivity index (χ2n) is 7.40. The van der Waals surface area contributed by atoms with Gasteiger partial charge in [-0.2, -0.15) is 5.26 Å². The van der Waals surface area contributed by atoms with Crippen LogP contribution in [-0.4, -0.2) is 29.1 Å². The van der Waals surface area contributed by atoms with E-state index >= 15 is 0 Å². The fourth-order valence-corrected chi connectivity index (χ4v) is 4.73. The number of phenolic OH excluding ortho intramolecular Hbond substituents is 1. The molecule has 0 aromatic heterocycles. The zero-order valence-electron chi connectivity index (χ0n) is 14.8. The predicted molar refractivity (Wildman–Crippen MR) is 105 cm³/mol. The van der Waals surface area contributed by atoms with Crippen LogP contribution < -0.4 is 0 Å². The summed E-state index contributed by atoms with van der Waals surface area (Å²) in [7, 11) is 0. The fourth-order valence-electron chi connectivity index (χ4n) is 4.51. The summed E-state index contributed by atoms with van der Waals surface area (Å²) in [6, 6.07) is 12.2. The largest absolute Gasteiger partial charge is 0.506 e. The van der Waals surface area contributed by atoms with Crippen LogP contribution in [0.25, 0.3) is 11.1 Å². The molecule has 2 aromatic carbocycles. The molecule has 0 saturated carbocycles. The van der Waals surface area contributed by atoms with Crippen LogP contribution in [0.5, 0.6) is 5.75 Å². The summed E-state index contributed by atoms with van der Waals surface area (Å²) in [4.78, 5) is 2.64. The van der Waals surface area contributed by atoms with Crippen molar-refractivity contribution in [3.8, 4) is 22.9 Å². The van der Waals surface area contributed by atoms with Crippen molar-refractivity contribution in [2.75, 3.05) is 13.1 Å². The van der Waals surface area contributed by atoms with Gasteiger partial charge in [-0.05, 0) is 74.0 Å². The van der Waals surface area contributed by atoms with Crippen LogP contribution >= 0.6 is 11.6 Å². The number of aromatic hydroxyl groups is 1. The Morgan fingerprint density at radius 1 is 1.12 bits per heavy atom. The van der Waals surface area contributed by atoms with E-state index in [-0.39, 0.29) is 11.3 Å². The standard InChI is InChI=1S/C22H23ClN2O/c23-17-11-16(14-24)22(26)21(12-17)19-6-4-5-15-7-8-18(13-20(15)19)25-9-2-1-3-10-25/h4-6,11-12,18,26H,1-3,7-10,13H2/t18-/m0/s1. The smallest absolute Gasteiger partial charge is 0.141 e. The first-order valence-corrected chi connectivity index (χ1v) is 9.83. The van der Waals surface area contributed by atoms with E-state index in [2.05, 4.69) is 11.0 Å². The van der Waals surface area contributed by atoms with Gasteiger partial charge >= 0.3 is 0 Å². The number of hydrogen-bond acceptors (Lipinski definition) is 3. The first-order valence-electron chi connectivity index (χ1n) is 9.45. The van der Waals surface area contributed by atoms with E-state index in [9.17, 15) is 10.4 Å². The van der Waals surface area contributed by atoms with Crippen LogP contribution in [0.15, 0.2) is 30.3 Å². The van der Waals surface area contributed by atoms with Gasteiger partial charge in [0, 0.05) is 16.6 Å². The monoisotopic (exact) mass is 366 g/mol. The number of nitriles is 1. The molecular weight excluding hydrogens is 344 g/mol. The summed E-state index contributed by atoms with van der Waals surface area (Å²) in [6.45, 7) is 2.40. The van der Waals surface area contributed by atoms with Crippen LogP contribution in [0, 0.1) is 11.3 Å². The van der Waals surface area contributed by atoms with Gasteiger partial charge in [-0.1, -0.05) is 36.2 Å². The van der Waals surface area contributed by atoms with Gasteiger partial charge in [-0.3, -0.25) is 0 Å². The van der Waals surface area contributed by atoms with Gasteiger partial charge in [-0.15, -0.1) is 0 Å². The lowest BCUT2D eigenvalue weighted by atomic mass is 9.82. The van der Waals surface area contributed by atoms with Crippen molar-refractivity contribution in [1.29, 1.82) is 5.26 Å². The van der Waals surface area contributed by atoms with Gasteiger partial charge in [0.1, 0.15) is 11.8 Å².